The molecule has 0 fully saturated rings. The minimum absolute atomic E-state index is 0.282. The maximum absolute atomic E-state index is 13.5. The van der Waals surface area contributed by atoms with Crippen LogP contribution in [0.1, 0.15) is 12.5 Å². The van der Waals surface area contributed by atoms with Crippen molar-refractivity contribution in [1.29, 1.82) is 0 Å². The van der Waals surface area contributed by atoms with Crippen molar-refractivity contribution in [2.75, 3.05) is 7.05 Å². The Balaban J connectivity index is 2.36. The maximum Gasteiger partial charge on any atom is 0.169 e. The average Bonchev–Trinajstić information content (AvgIpc) is 2.66. The van der Waals surface area contributed by atoms with Gasteiger partial charge in [-0.2, -0.15) is 0 Å². The van der Waals surface area contributed by atoms with Gasteiger partial charge in [0.2, 0.25) is 0 Å². The molecule has 0 bridgehead atoms. The smallest absolute Gasteiger partial charge is 0.169 e. The van der Waals surface area contributed by atoms with Crippen molar-refractivity contribution in [2.45, 2.75) is 19.4 Å². The fraction of sp³-hybridized carbons (Fsp3) is 0.333. The van der Waals surface area contributed by atoms with Crippen LogP contribution in [0.25, 0.3) is 11.0 Å². The molecule has 0 spiro atoms. The molecule has 0 saturated heterocycles. The lowest BCUT2D eigenvalue weighted by atomic mass is 10.1. The number of fused-ring (bicyclic) bond motifs is 1. The van der Waals surface area contributed by atoms with Crippen LogP contribution in [0.5, 0.6) is 0 Å². The molecule has 3 heteroatoms. The third-order valence-corrected chi connectivity index (χ3v) is 2.60. The third kappa shape index (κ3) is 2.02. The minimum atomic E-state index is -0.282. The molecule has 80 valence electrons. The second kappa shape index (κ2) is 4.03. The van der Waals surface area contributed by atoms with E-state index in [1.807, 2.05) is 13.1 Å². The molecular weight excluding hydrogens is 193 g/mol. The van der Waals surface area contributed by atoms with E-state index < -0.39 is 0 Å². The van der Waals surface area contributed by atoms with E-state index in [-0.39, 0.29) is 5.82 Å². The summed E-state index contributed by atoms with van der Waals surface area (Å²) >= 11 is 0. The lowest BCUT2D eigenvalue weighted by molar-refractivity contribution is 0.556. The fourth-order valence-corrected chi connectivity index (χ4v) is 1.67. The second-order valence-electron chi connectivity index (χ2n) is 3.81. The number of likely N-dealkylation sites (N-methyl/N-ethyl adjacent to an activating group) is 1. The SMILES string of the molecule is CN[C@@H](C)Cc1cc(F)c2occc2c1. The van der Waals surface area contributed by atoms with E-state index in [4.69, 9.17) is 4.42 Å². The predicted octanol–water partition coefficient (Wildman–Crippen LogP) is 2.72. The van der Waals surface area contributed by atoms with E-state index in [0.29, 0.717) is 11.6 Å². The molecule has 1 N–H and O–H groups in total. The summed E-state index contributed by atoms with van der Waals surface area (Å²) in [5.41, 5.74) is 1.33. The highest BCUT2D eigenvalue weighted by Crippen LogP contribution is 2.21. The first kappa shape index (κ1) is 10.2. The lowest BCUT2D eigenvalue weighted by Gasteiger charge is -2.09. The van der Waals surface area contributed by atoms with Gasteiger partial charge in [0.25, 0.3) is 0 Å². The Kier molecular flexibility index (Phi) is 2.73. The minimum Gasteiger partial charge on any atom is -0.461 e. The van der Waals surface area contributed by atoms with Crippen molar-refractivity contribution in [1.82, 2.24) is 5.32 Å². The van der Waals surface area contributed by atoms with Crippen molar-refractivity contribution in [3.8, 4) is 0 Å². The van der Waals surface area contributed by atoms with Gasteiger partial charge in [-0.05, 0) is 44.2 Å². The molecule has 2 aromatic rings. The van der Waals surface area contributed by atoms with Gasteiger partial charge < -0.3 is 9.73 Å². The molecule has 2 nitrogen and oxygen atoms in total. The Hall–Kier alpha value is -1.35. The maximum atomic E-state index is 13.5. The zero-order chi connectivity index (χ0) is 10.8. The molecule has 0 aliphatic heterocycles. The topological polar surface area (TPSA) is 25.2 Å². The zero-order valence-electron chi connectivity index (χ0n) is 8.88. The van der Waals surface area contributed by atoms with E-state index in [1.165, 1.54) is 6.26 Å². The number of halogens is 1. The Morgan fingerprint density at radius 1 is 1.47 bits per heavy atom. The highest BCUT2D eigenvalue weighted by atomic mass is 19.1. The van der Waals surface area contributed by atoms with Crippen molar-refractivity contribution in [3.63, 3.8) is 0 Å². The Bertz CT molecular complexity index is 464. The molecule has 0 radical (unpaired) electrons. The van der Waals surface area contributed by atoms with Crippen LogP contribution in [-0.4, -0.2) is 13.1 Å². The van der Waals surface area contributed by atoms with E-state index in [2.05, 4.69) is 12.2 Å². The van der Waals surface area contributed by atoms with Crippen molar-refractivity contribution in [3.05, 3.63) is 35.8 Å². The molecule has 1 aromatic carbocycles. The summed E-state index contributed by atoms with van der Waals surface area (Å²) in [6.45, 7) is 2.07. The van der Waals surface area contributed by atoms with Gasteiger partial charge in [0.15, 0.2) is 11.4 Å². The normalized spacial score (nSPS) is 13.3. The van der Waals surface area contributed by atoms with Crippen molar-refractivity contribution in [2.24, 2.45) is 0 Å². The molecule has 0 unspecified atom stereocenters. The summed E-state index contributed by atoms with van der Waals surface area (Å²) in [6.07, 6.45) is 2.33. The number of hydrogen-bond donors (Lipinski definition) is 1. The van der Waals surface area contributed by atoms with Gasteiger partial charge in [0, 0.05) is 11.4 Å². The molecule has 1 aromatic heterocycles. The van der Waals surface area contributed by atoms with Gasteiger partial charge in [0.05, 0.1) is 6.26 Å². The van der Waals surface area contributed by atoms with Crippen LogP contribution < -0.4 is 5.32 Å². The van der Waals surface area contributed by atoms with Crippen LogP contribution in [-0.2, 0) is 6.42 Å². The predicted molar refractivity (Wildman–Crippen MR) is 58.4 cm³/mol. The first-order valence-corrected chi connectivity index (χ1v) is 5.03. The molecule has 0 amide bonds. The van der Waals surface area contributed by atoms with Gasteiger partial charge in [-0.3, -0.25) is 0 Å². The number of rotatable bonds is 3. The van der Waals surface area contributed by atoms with E-state index in [0.717, 1.165) is 17.4 Å². The summed E-state index contributed by atoms with van der Waals surface area (Å²) in [5, 5.41) is 3.96. The van der Waals surface area contributed by atoms with Gasteiger partial charge in [-0.1, -0.05) is 0 Å². The van der Waals surface area contributed by atoms with Gasteiger partial charge in [-0.15, -0.1) is 0 Å². The molecule has 0 aliphatic rings. The zero-order valence-corrected chi connectivity index (χ0v) is 8.88. The highest BCUT2D eigenvalue weighted by Gasteiger charge is 2.08. The number of benzene rings is 1. The van der Waals surface area contributed by atoms with E-state index in [1.54, 1.807) is 12.1 Å². The van der Waals surface area contributed by atoms with Gasteiger partial charge in [-0.25, -0.2) is 4.39 Å². The molecule has 0 aliphatic carbocycles. The average molecular weight is 207 g/mol. The van der Waals surface area contributed by atoms with Crippen LogP contribution in [0.4, 0.5) is 4.39 Å². The van der Waals surface area contributed by atoms with Crippen LogP contribution in [0.2, 0.25) is 0 Å². The van der Waals surface area contributed by atoms with Crippen LogP contribution >= 0.6 is 0 Å². The second-order valence-corrected chi connectivity index (χ2v) is 3.81. The summed E-state index contributed by atoms with van der Waals surface area (Å²) in [7, 11) is 1.90. The largest absolute Gasteiger partial charge is 0.461 e. The Morgan fingerprint density at radius 2 is 2.27 bits per heavy atom. The fourth-order valence-electron chi connectivity index (χ4n) is 1.67. The summed E-state index contributed by atoms with van der Waals surface area (Å²) < 4.78 is 18.6. The summed E-state index contributed by atoms with van der Waals surface area (Å²) in [6, 6.07) is 5.63. The van der Waals surface area contributed by atoms with Crippen molar-refractivity contribution >= 4 is 11.0 Å². The molecular formula is C12H14FNO. The standard InChI is InChI=1S/C12H14FNO/c1-8(14-2)5-9-6-10-3-4-15-12(10)11(13)7-9/h3-4,6-8,14H,5H2,1-2H3/t8-/m0/s1. The van der Waals surface area contributed by atoms with Gasteiger partial charge >= 0.3 is 0 Å². The quantitative estimate of drug-likeness (QED) is 0.837. The Labute approximate surface area is 88.1 Å². The van der Waals surface area contributed by atoms with E-state index >= 15 is 0 Å². The first-order valence-electron chi connectivity index (χ1n) is 5.03. The Morgan fingerprint density at radius 3 is 3.00 bits per heavy atom. The number of furan rings is 1. The molecule has 1 heterocycles. The summed E-state index contributed by atoms with van der Waals surface area (Å²) in [4.78, 5) is 0. The molecule has 15 heavy (non-hydrogen) atoms. The van der Waals surface area contributed by atoms with Crippen LogP contribution in [0.3, 0.4) is 0 Å². The van der Waals surface area contributed by atoms with Crippen LogP contribution in [0, 0.1) is 5.82 Å². The lowest BCUT2D eigenvalue weighted by Crippen LogP contribution is -2.23. The third-order valence-electron chi connectivity index (χ3n) is 2.60. The number of hydrogen-bond acceptors (Lipinski definition) is 2. The van der Waals surface area contributed by atoms with E-state index in [9.17, 15) is 4.39 Å². The highest BCUT2D eigenvalue weighted by molar-refractivity contribution is 5.78. The number of nitrogens with one attached hydrogen (secondary N) is 1. The summed E-state index contributed by atoms with van der Waals surface area (Å²) in [5.74, 6) is -0.282. The molecule has 2 rings (SSSR count). The molecule has 1 atom stereocenters. The first-order chi connectivity index (χ1) is 7.20. The monoisotopic (exact) mass is 207 g/mol. The van der Waals surface area contributed by atoms with Crippen LogP contribution in [0.15, 0.2) is 28.9 Å². The van der Waals surface area contributed by atoms with Crippen molar-refractivity contribution < 1.29 is 8.81 Å². The molecule has 0 saturated carbocycles. The van der Waals surface area contributed by atoms with Gasteiger partial charge in [0.1, 0.15) is 0 Å².